The fourth-order valence-electron chi connectivity index (χ4n) is 6.18. The predicted molar refractivity (Wildman–Crippen MR) is 233 cm³/mol. The molecule has 7 atom stereocenters. The number of allylic oxidation sites excluding steroid dienone is 2. The minimum Gasteiger partial charge on any atom is -0.386 e. The van der Waals surface area contributed by atoms with Crippen molar-refractivity contribution >= 4 is 69.1 Å². The number of aromatic nitrogens is 4. The van der Waals surface area contributed by atoms with Crippen LogP contribution in [-0.4, -0.2) is 123 Å². The summed E-state index contributed by atoms with van der Waals surface area (Å²) >= 11 is 1.14. The van der Waals surface area contributed by atoms with Gasteiger partial charge in [0.1, 0.15) is 36.3 Å². The second-order valence-corrected chi connectivity index (χ2v) is 21.0. The van der Waals surface area contributed by atoms with Crippen LogP contribution in [0.2, 0.25) is 0 Å². The summed E-state index contributed by atoms with van der Waals surface area (Å²) in [6.45, 7) is 2.76. The largest absolute Gasteiger partial charge is 0.481 e. The van der Waals surface area contributed by atoms with Gasteiger partial charge in [0.15, 0.2) is 22.8 Å². The smallest absolute Gasteiger partial charge is 0.386 e. The van der Waals surface area contributed by atoms with Gasteiger partial charge in [-0.25, -0.2) is 28.6 Å². The second kappa shape index (κ2) is 26.6. The van der Waals surface area contributed by atoms with E-state index < -0.39 is 84.6 Å². The molecule has 0 aliphatic carbocycles. The van der Waals surface area contributed by atoms with E-state index in [0.29, 0.717) is 12.2 Å². The summed E-state index contributed by atoms with van der Waals surface area (Å²) in [4.78, 5) is 88.2. The van der Waals surface area contributed by atoms with Crippen molar-refractivity contribution in [2.75, 3.05) is 37.8 Å². The number of thioether (sulfide) groups is 1. The highest BCUT2D eigenvalue weighted by Crippen LogP contribution is 2.61. The molecular formula is C36H62N7O17P3S. The molecule has 0 radical (unpaired) electrons. The fraction of sp³-hybridized carbons (Fsp3) is 0.722. The summed E-state index contributed by atoms with van der Waals surface area (Å²) in [6.07, 6.45) is 9.27. The van der Waals surface area contributed by atoms with Gasteiger partial charge in [0.25, 0.3) is 0 Å². The third kappa shape index (κ3) is 19.6. The number of nitrogens with two attached hydrogens (primary N) is 1. The molecule has 0 bridgehead atoms. The molecule has 3 heterocycles. The number of ether oxygens (including phenoxy) is 1. The number of hydrogen-bond acceptors (Lipinski definition) is 18. The van der Waals surface area contributed by atoms with E-state index in [0.717, 1.165) is 73.9 Å². The number of phosphoric acid groups is 3. The van der Waals surface area contributed by atoms with E-state index >= 15 is 0 Å². The summed E-state index contributed by atoms with van der Waals surface area (Å²) in [5.41, 5.74) is 4.28. The first-order valence-electron chi connectivity index (χ1n) is 20.8. The molecule has 1 aliphatic heterocycles. The quantitative estimate of drug-likeness (QED) is 0.0296. The van der Waals surface area contributed by atoms with Crippen molar-refractivity contribution in [2.45, 2.75) is 128 Å². The van der Waals surface area contributed by atoms with Crippen molar-refractivity contribution < 1.29 is 80.5 Å². The number of amides is 2. The van der Waals surface area contributed by atoms with Gasteiger partial charge in [0, 0.05) is 37.1 Å². The van der Waals surface area contributed by atoms with Gasteiger partial charge < -0.3 is 50.9 Å². The first-order chi connectivity index (χ1) is 30.1. The molecule has 64 heavy (non-hydrogen) atoms. The topological polar surface area (TPSA) is 364 Å². The zero-order chi connectivity index (χ0) is 47.6. The zero-order valence-corrected chi connectivity index (χ0v) is 39.5. The van der Waals surface area contributed by atoms with Gasteiger partial charge in [-0.3, -0.25) is 32.5 Å². The molecule has 2 amide bonds. The van der Waals surface area contributed by atoms with E-state index in [9.17, 15) is 57.9 Å². The maximum atomic E-state index is 12.7. The van der Waals surface area contributed by atoms with E-state index in [2.05, 4.69) is 53.5 Å². The Labute approximate surface area is 375 Å². The first-order valence-corrected chi connectivity index (χ1v) is 26.3. The van der Waals surface area contributed by atoms with E-state index in [1.165, 1.54) is 33.1 Å². The van der Waals surface area contributed by atoms with Gasteiger partial charge in [-0.15, -0.1) is 0 Å². The van der Waals surface area contributed by atoms with Crippen molar-refractivity contribution in [1.82, 2.24) is 30.2 Å². The highest BCUT2D eigenvalue weighted by Gasteiger charge is 2.50. The zero-order valence-electron chi connectivity index (χ0n) is 36.0. The standard InChI is InChI=1S/C36H62N7O17P3S/c1-4-5-6-7-8-9-10-11-12-13-14-15-16-27(45)64-20-19-38-26(44)17-18-39-34(48)31(47)36(2,3)22-57-63(54,55)60-62(52,53)56-21-25-30(59-61(49,50)51)29(46)35(58-25)43-24-42-28-32(37)40-23-41-33(28)43/h8-9,23-25,29-31,35,46-47H,4-7,10-22H2,1-3H3,(H,38,44)(H,39,48)(H,52,53)(H,54,55)(H2,37,40,41)(H2,49,50,51)/b9-8-/t25-,29-,30-,31+,35-/m1/s1. The minimum absolute atomic E-state index is 0.0327. The van der Waals surface area contributed by atoms with E-state index in [-0.39, 0.29) is 41.6 Å². The third-order valence-corrected chi connectivity index (χ3v) is 13.7. The molecule has 3 rings (SSSR count). The van der Waals surface area contributed by atoms with Gasteiger partial charge in [0.2, 0.25) is 11.8 Å². The van der Waals surface area contributed by atoms with Gasteiger partial charge >= 0.3 is 23.5 Å². The molecule has 364 valence electrons. The van der Waals surface area contributed by atoms with E-state index in [1.807, 2.05) is 0 Å². The molecule has 0 aromatic carbocycles. The number of nitrogens with zero attached hydrogens (tertiary/aromatic N) is 4. The van der Waals surface area contributed by atoms with E-state index in [1.54, 1.807) is 0 Å². The fourth-order valence-corrected chi connectivity index (χ4v) is 9.73. The van der Waals surface area contributed by atoms with Gasteiger partial charge in [-0.1, -0.05) is 76.8 Å². The molecule has 2 aromatic heterocycles. The normalized spacial score (nSPS) is 20.6. The van der Waals surface area contributed by atoms with Crippen LogP contribution in [0.1, 0.15) is 104 Å². The number of aliphatic hydroxyl groups excluding tert-OH is 2. The lowest BCUT2D eigenvalue weighted by molar-refractivity contribution is -0.137. The third-order valence-electron chi connectivity index (χ3n) is 9.66. The first kappa shape index (κ1) is 55.6. The molecule has 1 saturated heterocycles. The molecule has 0 spiro atoms. The van der Waals surface area contributed by atoms with E-state index in [4.69, 9.17) is 19.5 Å². The summed E-state index contributed by atoms with van der Waals surface area (Å²) in [5, 5.41) is 26.6. The van der Waals surface area contributed by atoms with Crippen LogP contribution < -0.4 is 16.4 Å². The molecule has 1 aliphatic rings. The molecular weight excluding hydrogens is 927 g/mol. The van der Waals surface area contributed by atoms with Gasteiger partial charge in [-0.05, 0) is 32.1 Å². The van der Waals surface area contributed by atoms with Crippen molar-refractivity contribution in [3.63, 3.8) is 0 Å². The SMILES string of the molecule is CCCCC/C=C\CCCCCCCC(=O)SCCNC(=O)CCNC(=O)[C@H](O)C(C)(C)COP(=O)(O)OP(=O)(O)OC[C@H]1O[C@@H](n2cnc3c(N)ncnc32)[C@H](O)[C@@H]1OP(=O)(O)O. The lowest BCUT2D eigenvalue weighted by Crippen LogP contribution is -2.46. The average Bonchev–Trinajstić information content (AvgIpc) is 3.78. The Balaban J connectivity index is 1.34. The van der Waals surface area contributed by atoms with Crippen LogP contribution in [0.3, 0.4) is 0 Å². The number of carbonyl (C=O) groups is 3. The Morgan fingerprint density at radius 1 is 0.938 bits per heavy atom. The number of unbranched alkanes of at least 4 members (excludes halogenated alkanes) is 8. The number of carbonyl (C=O) groups excluding carboxylic acids is 3. The summed E-state index contributed by atoms with van der Waals surface area (Å²) < 4.78 is 62.4. The maximum absolute atomic E-state index is 12.7. The summed E-state index contributed by atoms with van der Waals surface area (Å²) in [5.74, 6) is -1.04. The Kier molecular flexibility index (Phi) is 23.1. The van der Waals surface area contributed by atoms with Crippen molar-refractivity contribution in [3.8, 4) is 0 Å². The number of fused-ring (bicyclic) bond motifs is 1. The number of nitrogens with one attached hydrogen (secondary N) is 2. The number of imidazole rings is 1. The maximum Gasteiger partial charge on any atom is 0.481 e. The molecule has 10 N–H and O–H groups in total. The second-order valence-electron chi connectivity index (χ2n) is 15.6. The summed E-state index contributed by atoms with van der Waals surface area (Å²) in [6, 6.07) is 0. The molecule has 28 heteroatoms. The predicted octanol–water partition coefficient (Wildman–Crippen LogP) is 3.53. The monoisotopic (exact) mass is 989 g/mol. The number of rotatable bonds is 31. The number of anilines is 1. The lowest BCUT2D eigenvalue weighted by atomic mass is 9.87. The Morgan fingerprint density at radius 2 is 1.59 bits per heavy atom. The molecule has 2 unspecified atom stereocenters. The van der Waals surface area contributed by atoms with Crippen LogP contribution in [0, 0.1) is 5.41 Å². The van der Waals surface area contributed by atoms with Crippen LogP contribution in [0.25, 0.3) is 11.2 Å². The highest BCUT2D eigenvalue weighted by molar-refractivity contribution is 8.13. The van der Waals surface area contributed by atoms with Crippen LogP contribution in [0.15, 0.2) is 24.8 Å². The Hall–Kier alpha value is -2.70. The summed E-state index contributed by atoms with van der Waals surface area (Å²) in [7, 11) is -16.4. The van der Waals surface area contributed by atoms with Crippen LogP contribution in [0.4, 0.5) is 5.82 Å². The van der Waals surface area contributed by atoms with Crippen LogP contribution >= 0.6 is 35.2 Å². The Morgan fingerprint density at radius 3 is 2.28 bits per heavy atom. The lowest BCUT2D eigenvalue weighted by Gasteiger charge is -2.30. The Bertz CT molecular complexity index is 1990. The van der Waals surface area contributed by atoms with Crippen molar-refractivity contribution in [2.24, 2.45) is 5.41 Å². The molecule has 1 fully saturated rings. The molecule has 24 nitrogen and oxygen atoms in total. The number of phosphoric ester groups is 3. The van der Waals surface area contributed by atoms with Crippen molar-refractivity contribution in [3.05, 3.63) is 24.8 Å². The minimum atomic E-state index is -5.57. The number of nitrogen functional groups attached to an aromatic ring is 1. The van der Waals surface area contributed by atoms with Crippen LogP contribution in [-0.2, 0) is 50.7 Å². The number of hydrogen-bond donors (Lipinski definition) is 9. The number of aliphatic hydroxyl groups is 2. The average molecular weight is 990 g/mol. The van der Waals surface area contributed by atoms with Crippen LogP contribution in [0.5, 0.6) is 0 Å². The van der Waals surface area contributed by atoms with Gasteiger partial charge in [0.05, 0.1) is 19.5 Å². The molecule has 2 aromatic rings. The highest BCUT2D eigenvalue weighted by atomic mass is 32.2. The van der Waals surface area contributed by atoms with Crippen molar-refractivity contribution in [1.29, 1.82) is 0 Å². The molecule has 0 saturated carbocycles. The van der Waals surface area contributed by atoms with Gasteiger partial charge in [-0.2, -0.15) is 4.31 Å².